The molecule has 168 valence electrons. The first kappa shape index (κ1) is 23.1. The lowest BCUT2D eigenvalue weighted by Gasteiger charge is -2.13. The number of carbonyl (C=O) groups is 2. The predicted molar refractivity (Wildman–Crippen MR) is 129 cm³/mol. The molecule has 0 radical (unpaired) electrons. The molecular weight excluding hydrogens is 509 g/mol. The van der Waals surface area contributed by atoms with Crippen LogP contribution in [-0.2, 0) is 17.9 Å². The van der Waals surface area contributed by atoms with E-state index in [2.05, 4.69) is 15.9 Å². The number of imide groups is 1. The van der Waals surface area contributed by atoms with E-state index in [9.17, 15) is 14.0 Å². The summed E-state index contributed by atoms with van der Waals surface area (Å²) in [5.41, 5.74) is 2.37. The largest absolute Gasteiger partial charge is 0.493 e. The number of hydrogen-bond donors (Lipinski definition) is 0. The zero-order chi connectivity index (χ0) is 23.4. The van der Waals surface area contributed by atoms with E-state index >= 15 is 0 Å². The molecule has 1 heterocycles. The van der Waals surface area contributed by atoms with Crippen LogP contribution in [0.2, 0.25) is 0 Å². The highest BCUT2D eigenvalue weighted by Crippen LogP contribution is 2.36. The summed E-state index contributed by atoms with van der Waals surface area (Å²) in [5, 5.41) is -0.312. The lowest BCUT2D eigenvalue weighted by Crippen LogP contribution is -2.27. The Morgan fingerprint density at radius 1 is 1.03 bits per heavy atom. The van der Waals surface area contributed by atoms with Crippen LogP contribution < -0.4 is 9.47 Å². The number of methoxy groups -OCH3 is 1. The molecule has 2 amide bonds. The van der Waals surface area contributed by atoms with Gasteiger partial charge >= 0.3 is 0 Å². The normalized spacial score (nSPS) is 14.8. The van der Waals surface area contributed by atoms with Crippen molar-refractivity contribution in [1.82, 2.24) is 4.90 Å². The van der Waals surface area contributed by atoms with E-state index in [-0.39, 0.29) is 30.1 Å². The third-order valence-electron chi connectivity index (χ3n) is 4.95. The predicted octanol–water partition coefficient (Wildman–Crippen LogP) is 6.41. The van der Waals surface area contributed by atoms with Gasteiger partial charge in [-0.2, -0.15) is 0 Å². The SMILES string of the molecule is COc1cc(/C=C2\SC(=O)N(Cc3ccccc3Br)C2=O)ccc1OCc1ccc(F)cc1. The molecule has 0 saturated carbocycles. The Morgan fingerprint density at radius 2 is 1.79 bits per heavy atom. The number of nitrogens with zero attached hydrogens (tertiary/aromatic N) is 1. The zero-order valence-electron chi connectivity index (χ0n) is 17.6. The first-order valence-electron chi connectivity index (χ1n) is 9.98. The van der Waals surface area contributed by atoms with Gasteiger partial charge in [0.05, 0.1) is 18.6 Å². The van der Waals surface area contributed by atoms with Gasteiger partial charge in [-0.15, -0.1) is 0 Å². The number of ether oxygens (including phenoxy) is 2. The molecule has 0 spiro atoms. The summed E-state index contributed by atoms with van der Waals surface area (Å²) in [7, 11) is 1.52. The van der Waals surface area contributed by atoms with Crippen molar-refractivity contribution in [2.24, 2.45) is 0 Å². The Bertz CT molecular complexity index is 1230. The van der Waals surface area contributed by atoms with Crippen LogP contribution >= 0.6 is 27.7 Å². The maximum absolute atomic E-state index is 13.1. The molecule has 1 fully saturated rings. The van der Waals surface area contributed by atoms with Gasteiger partial charge in [-0.3, -0.25) is 14.5 Å². The number of amides is 2. The molecule has 1 aliphatic heterocycles. The minimum atomic E-state index is -0.337. The van der Waals surface area contributed by atoms with E-state index in [0.717, 1.165) is 27.4 Å². The van der Waals surface area contributed by atoms with Gasteiger partial charge in [0, 0.05) is 4.47 Å². The molecule has 0 aliphatic carbocycles. The van der Waals surface area contributed by atoms with Gasteiger partial charge in [-0.25, -0.2) is 4.39 Å². The van der Waals surface area contributed by atoms with Crippen LogP contribution in [0.4, 0.5) is 9.18 Å². The van der Waals surface area contributed by atoms with Crippen LogP contribution in [0.15, 0.2) is 76.1 Å². The summed E-state index contributed by atoms with van der Waals surface area (Å²) < 4.78 is 25.1. The van der Waals surface area contributed by atoms with Crippen LogP contribution in [0.5, 0.6) is 11.5 Å². The second-order valence-electron chi connectivity index (χ2n) is 7.18. The summed E-state index contributed by atoms with van der Waals surface area (Å²) in [6.07, 6.45) is 1.66. The molecule has 5 nitrogen and oxygen atoms in total. The Hall–Kier alpha value is -3.10. The summed E-state index contributed by atoms with van der Waals surface area (Å²) >= 11 is 4.36. The molecule has 3 aromatic rings. The first-order valence-corrected chi connectivity index (χ1v) is 11.6. The zero-order valence-corrected chi connectivity index (χ0v) is 20.0. The Balaban J connectivity index is 1.49. The third-order valence-corrected chi connectivity index (χ3v) is 6.63. The number of carbonyl (C=O) groups excluding carboxylic acids is 2. The van der Waals surface area contributed by atoms with E-state index in [4.69, 9.17) is 9.47 Å². The molecule has 3 aromatic carbocycles. The standard InChI is InChI=1S/C25H19BrFNO4S/c1-31-22-12-17(8-11-21(22)32-15-16-6-9-19(27)10-7-16)13-23-24(29)28(25(30)33-23)14-18-4-2-3-5-20(18)26/h2-13H,14-15H2,1H3/b23-13-. The quantitative estimate of drug-likeness (QED) is 0.332. The van der Waals surface area contributed by atoms with E-state index in [1.165, 1.54) is 24.1 Å². The number of rotatable bonds is 7. The topological polar surface area (TPSA) is 55.8 Å². The van der Waals surface area contributed by atoms with Gasteiger partial charge in [-0.05, 0) is 64.9 Å². The molecule has 0 N–H and O–H groups in total. The van der Waals surface area contributed by atoms with Crippen molar-refractivity contribution < 1.29 is 23.5 Å². The summed E-state index contributed by atoms with van der Waals surface area (Å²) in [4.78, 5) is 26.9. The highest BCUT2D eigenvalue weighted by atomic mass is 79.9. The van der Waals surface area contributed by atoms with Crippen LogP contribution in [0.1, 0.15) is 16.7 Å². The third kappa shape index (κ3) is 5.46. The number of hydrogen-bond acceptors (Lipinski definition) is 5. The van der Waals surface area contributed by atoms with E-state index < -0.39 is 0 Å². The van der Waals surface area contributed by atoms with Gasteiger partial charge in [0.15, 0.2) is 11.5 Å². The van der Waals surface area contributed by atoms with Crippen molar-refractivity contribution in [2.75, 3.05) is 7.11 Å². The fourth-order valence-electron chi connectivity index (χ4n) is 3.22. The van der Waals surface area contributed by atoms with Crippen molar-refractivity contribution in [3.8, 4) is 11.5 Å². The summed E-state index contributed by atoms with van der Waals surface area (Å²) in [6.45, 7) is 0.451. The molecule has 1 aliphatic rings. The maximum Gasteiger partial charge on any atom is 0.293 e. The van der Waals surface area contributed by atoms with E-state index in [1.54, 1.807) is 36.4 Å². The summed E-state index contributed by atoms with van der Waals surface area (Å²) in [5.74, 6) is 0.358. The molecule has 4 rings (SSSR count). The second kappa shape index (κ2) is 10.2. The highest BCUT2D eigenvalue weighted by molar-refractivity contribution is 9.10. The molecule has 0 aromatic heterocycles. The molecule has 0 atom stereocenters. The highest BCUT2D eigenvalue weighted by Gasteiger charge is 2.35. The molecule has 0 bridgehead atoms. The fourth-order valence-corrected chi connectivity index (χ4v) is 4.47. The van der Waals surface area contributed by atoms with Gasteiger partial charge in [-0.1, -0.05) is 52.3 Å². The van der Waals surface area contributed by atoms with Crippen molar-refractivity contribution in [3.05, 3.63) is 98.6 Å². The van der Waals surface area contributed by atoms with Gasteiger partial charge in [0.1, 0.15) is 12.4 Å². The van der Waals surface area contributed by atoms with Crippen molar-refractivity contribution in [1.29, 1.82) is 0 Å². The Morgan fingerprint density at radius 3 is 2.52 bits per heavy atom. The average Bonchev–Trinajstić information content (AvgIpc) is 3.07. The lowest BCUT2D eigenvalue weighted by molar-refractivity contribution is -0.123. The number of thioether (sulfide) groups is 1. The minimum Gasteiger partial charge on any atom is -0.493 e. The van der Waals surface area contributed by atoms with Crippen LogP contribution in [0, 0.1) is 5.82 Å². The molecule has 1 saturated heterocycles. The van der Waals surface area contributed by atoms with E-state index in [0.29, 0.717) is 22.0 Å². The molecule has 8 heteroatoms. The number of benzene rings is 3. The minimum absolute atomic E-state index is 0.197. The number of halogens is 2. The average molecular weight is 528 g/mol. The smallest absolute Gasteiger partial charge is 0.293 e. The van der Waals surface area contributed by atoms with Crippen LogP contribution in [-0.4, -0.2) is 23.2 Å². The Labute approximate surface area is 203 Å². The van der Waals surface area contributed by atoms with Crippen molar-refractivity contribution in [2.45, 2.75) is 13.2 Å². The van der Waals surface area contributed by atoms with Gasteiger partial charge < -0.3 is 9.47 Å². The van der Waals surface area contributed by atoms with Crippen LogP contribution in [0.25, 0.3) is 6.08 Å². The first-order chi connectivity index (χ1) is 15.9. The summed E-state index contributed by atoms with van der Waals surface area (Å²) in [6, 6.07) is 18.8. The van der Waals surface area contributed by atoms with Crippen molar-refractivity contribution >= 4 is 44.9 Å². The lowest BCUT2D eigenvalue weighted by atomic mass is 10.1. The maximum atomic E-state index is 13.1. The van der Waals surface area contributed by atoms with E-state index in [1.807, 2.05) is 24.3 Å². The second-order valence-corrected chi connectivity index (χ2v) is 9.03. The van der Waals surface area contributed by atoms with Gasteiger partial charge in [0.2, 0.25) is 0 Å². The Kier molecular flexibility index (Phi) is 7.15. The van der Waals surface area contributed by atoms with Gasteiger partial charge in [0.25, 0.3) is 11.1 Å². The van der Waals surface area contributed by atoms with Crippen molar-refractivity contribution in [3.63, 3.8) is 0 Å². The van der Waals surface area contributed by atoms with Crippen LogP contribution in [0.3, 0.4) is 0 Å². The monoisotopic (exact) mass is 527 g/mol. The molecular formula is C25H19BrFNO4S. The molecule has 33 heavy (non-hydrogen) atoms. The fraction of sp³-hybridized carbons (Fsp3) is 0.120. The molecule has 0 unspecified atom stereocenters.